The molecule has 1 aliphatic rings. The van der Waals surface area contributed by atoms with Gasteiger partial charge in [-0.3, -0.25) is 9.59 Å². The Morgan fingerprint density at radius 1 is 1.32 bits per heavy atom. The highest BCUT2D eigenvalue weighted by Crippen LogP contribution is 2.15. The zero-order valence-corrected chi connectivity index (χ0v) is 13.9. The summed E-state index contributed by atoms with van der Waals surface area (Å²) in [5.41, 5.74) is 2.28. The summed E-state index contributed by atoms with van der Waals surface area (Å²) in [5, 5.41) is 11.8. The largest absolute Gasteiger partial charge is 0.346 e. The van der Waals surface area contributed by atoms with Gasteiger partial charge in [0.2, 0.25) is 5.91 Å². The average Bonchev–Trinajstić information content (AvgIpc) is 2.94. The van der Waals surface area contributed by atoms with Crippen LogP contribution in [0.4, 0.5) is 0 Å². The van der Waals surface area contributed by atoms with E-state index in [9.17, 15) is 9.59 Å². The second-order valence-corrected chi connectivity index (χ2v) is 6.08. The molecule has 1 aromatic heterocycles. The van der Waals surface area contributed by atoms with Crippen LogP contribution in [-0.2, 0) is 11.3 Å². The second-order valence-electron chi connectivity index (χ2n) is 6.08. The summed E-state index contributed by atoms with van der Waals surface area (Å²) in [6.45, 7) is 2.71. The molecule has 0 saturated carbocycles. The van der Waals surface area contributed by atoms with E-state index in [4.69, 9.17) is 5.26 Å². The van der Waals surface area contributed by atoms with E-state index in [2.05, 4.69) is 10.3 Å². The highest BCUT2D eigenvalue weighted by atomic mass is 16.2. The number of benzene rings is 1. The minimum atomic E-state index is -0.327. The van der Waals surface area contributed by atoms with Crippen molar-refractivity contribution >= 4 is 11.8 Å². The summed E-state index contributed by atoms with van der Waals surface area (Å²) < 4.78 is 0. The first kappa shape index (κ1) is 16.7. The fourth-order valence-electron chi connectivity index (χ4n) is 2.89. The molecule has 2 aromatic rings. The van der Waals surface area contributed by atoms with Gasteiger partial charge in [0.1, 0.15) is 11.8 Å². The molecule has 0 radical (unpaired) electrons. The van der Waals surface area contributed by atoms with Gasteiger partial charge in [0, 0.05) is 19.5 Å². The number of rotatable bonds is 4. The van der Waals surface area contributed by atoms with Crippen molar-refractivity contribution in [2.24, 2.45) is 0 Å². The van der Waals surface area contributed by atoms with Gasteiger partial charge in [-0.15, -0.1) is 0 Å². The van der Waals surface area contributed by atoms with E-state index in [0.29, 0.717) is 24.3 Å². The lowest BCUT2D eigenvalue weighted by molar-refractivity contribution is -0.128. The Hall–Kier alpha value is -3.20. The lowest BCUT2D eigenvalue weighted by Gasteiger charge is -2.17. The van der Waals surface area contributed by atoms with Gasteiger partial charge in [0.05, 0.1) is 17.3 Å². The van der Waals surface area contributed by atoms with Gasteiger partial charge in [-0.2, -0.15) is 5.26 Å². The van der Waals surface area contributed by atoms with E-state index in [1.54, 1.807) is 17.9 Å². The molecule has 2 amide bonds. The topological polar surface area (TPSA) is 86.1 Å². The maximum Gasteiger partial charge on any atom is 0.270 e. The van der Waals surface area contributed by atoms with Crippen molar-refractivity contribution in [3.8, 4) is 6.07 Å². The number of nitriles is 1. The second kappa shape index (κ2) is 7.14. The number of hydrogen-bond acceptors (Lipinski definition) is 4. The van der Waals surface area contributed by atoms with Crippen LogP contribution in [-0.4, -0.2) is 34.3 Å². The molecule has 1 fully saturated rings. The quantitative estimate of drug-likeness (QED) is 0.923. The molecule has 25 heavy (non-hydrogen) atoms. The number of nitrogens with zero attached hydrogens (tertiary/aromatic N) is 3. The molecular formula is C19H18N4O2. The molecule has 3 rings (SSSR count). The highest BCUT2D eigenvalue weighted by Gasteiger charge is 2.30. The Bertz CT molecular complexity index is 842. The normalized spacial score (nSPS) is 16.6. The number of carbonyl (C=O) groups excluding carboxylic acids is 2. The Morgan fingerprint density at radius 3 is 2.76 bits per heavy atom. The number of likely N-dealkylation sites (tertiary alicyclic amines) is 1. The van der Waals surface area contributed by atoms with Crippen LogP contribution in [0.25, 0.3) is 0 Å². The molecule has 0 unspecified atom stereocenters. The van der Waals surface area contributed by atoms with Crippen molar-refractivity contribution < 1.29 is 9.59 Å². The molecule has 1 aliphatic heterocycles. The molecule has 1 saturated heterocycles. The average molecular weight is 334 g/mol. The van der Waals surface area contributed by atoms with Gasteiger partial charge < -0.3 is 10.2 Å². The van der Waals surface area contributed by atoms with Crippen molar-refractivity contribution in [3.05, 3.63) is 65.0 Å². The van der Waals surface area contributed by atoms with Gasteiger partial charge in [0.15, 0.2) is 0 Å². The van der Waals surface area contributed by atoms with Crippen LogP contribution in [0.5, 0.6) is 0 Å². The van der Waals surface area contributed by atoms with Crippen LogP contribution in [0.1, 0.15) is 33.7 Å². The molecule has 0 spiro atoms. The SMILES string of the molecule is Cc1nc(C(=O)N[C@@H]2CC(=O)N(Cc3ccccc3)C2)ccc1C#N. The van der Waals surface area contributed by atoms with Crippen molar-refractivity contribution in [1.29, 1.82) is 5.26 Å². The van der Waals surface area contributed by atoms with Crippen LogP contribution >= 0.6 is 0 Å². The molecule has 1 N–H and O–H groups in total. The number of amides is 2. The van der Waals surface area contributed by atoms with E-state index >= 15 is 0 Å². The monoisotopic (exact) mass is 334 g/mol. The maximum absolute atomic E-state index is 12.3. The summed E-state index contributed by atoms with van der Waals surface area (Å²) in [5.74, 6) is -0.301. The summed E-state index contributed by atoms with van der Waals surface area (Å²) in [7, 11) is 0. The van der Waals surface area contributed by atoms with Crippen LogP contribution in [0.2, 0.25) is 0 Å². The third-order valence-electron chi connectivity index (χ3n) is 4.20. The Kier molecular flexibility index (Phi) is 4.75. The fraction of sp³-hybridized carbons (Fsp3) is 0.263. The molecular weight excluding hydrogens is 316 g/mol. The summed E-state index contributed by atoms with van der Waals surface area (Å²) in [6.07, 6.45) is 0.286. The number of carbonyl (C=O) groups is 2. The summed E-state index contributed by atoms with van der Waals surface area (Å²) >= 11 is 0. The number of pyridine rings is 1. The summed E-state index contributed by atoms with van der Waals surface area (Å²) in [6, 6.07) is 14.7. The first-order chi connectivity index (χ1) is 12.1. The van der Waals surface area contributed by atoms with Crippen LogP contribution in [0.15, 0.2) is 42.5 Å². The lowest BCUT2D eigenvalue weighted by Crippen LogP contribution is -2.37. The van der Waals surface area contributed by atoms with Gasteiger partial charge in [-0.1, -0.05) is 30.3 Å². The Labute approximate surface area is 146 Å². The zero-order chi connectivity index (χ0) is 17.8. The van der Waals surface area contributed by atoms with Crippen molar-refractivity contribution in [3.63, 3.8) is 0 Å². The Balaban J connectivity index is 1.62. The molecule has 2 heterocycles. The van der Waals surface area contributed by atoms with E-state index in [1.807, 2.05) is 36.4 Å². The molecule has 0 bridgehead atoms. The minimum Gasteiger partial charge on any atom is -0.346 e. The zero-order valence-electron chi connectivity index (χ0n) is 13.9. The first-order valence-electron chi connectivity index (χ1n) is 8.07. The van der Waals surface area contributed by atoms with Gasteiger partial charge in [-0.05, 0) is 24.6 Å². The van der Waals surface area contributed by atoms with E-state index < -0.39 is 0 Å². The van der Waals surface area contributed by atoms with Crippen LogP contribution in [0.3, 0.4) is 0 Å². The number of nitrogens with one attached hydrogen (secondary N) is 1. The first-order valence-corrected chi connectivity index (χ1v) is 8.07. The molecule has 6 heteroatoms. The van der Waals surface area contributed by atoms with Crippen LogP contribution < -0.4 is 5.32 Å². The van der Waals surface area contributed by atoms with Crippen LogP contribution in [0, 0.1) is 18.3 Å². The molecule has 126 valence electrons. The third kappa shape index (κ3) is 3.83. The molecule has 0 aliphatic carbocycles. The standard InChI is InChI=1S/C19H18N4O2/c1-13-15(10-20)7-8-17(21-13)19(25)22-16-9-18(24)23(12-16)11-14-5-3-2-4-6-14/h2-8,16H,9,11-12H2,1H3,(H,22,25)/t16-/m1/s1. The third-order valence-corrected chi connectivity index (χ3v) is 4.20. The van der Waals surface area contributed by atoms with Crippen molar-refractivity contribution in [2.75, 3.05) is 6.54 Å². The molecule has 1 aromatic carbocycles. The highest BCUT2D eigenvalue weighted by molar-refractivity contribution is 5.93. The van der Waals surface area contributed by atoms with Crippen molar-refractivity contribution in [1.82, 2.24) is 15.2 Å². The van der Waals surface area contributed by atoms with Gasteiger partial charge in [-0.25, -0.2) is 4.98 Å². The fourth-order valence-corrected chi connectivity index (χ4v) is 2.89. The van der Waals surface area contributed by atoms with E-state index in [0.717, 1.165) is 5.56 Å². The number of aromatic nitrogens is 1. The van der Waals surface area contributed by atoms with E-state index in [1.165, 1.54) is 6.07 Å². The van der Waals surface area contributed by atoms with Gasteiger partial charge >= 0.3 is 0 Å². The van der Waals surface area contributed by atoms with E-state index in [-0.39, 0.29) is 30.0 Å². The van der Waals surface area contributed by atoms with Crippen molar-refractivity contribution in [2.45, 2.75) is 25.9 Å². The minimum absolute atomic E-state index is 0.0260. The lowest BCUT2D eigenvalue weighted by atomic mass is 10.2. The number of aryl methyl sites for hydroxylation is 1. The maximum atomic E-state index is 12.3. The van der Waals surface area contributed by atoms with Gasteiger partial charge in [0.25, 0.3) is 5.91 Å². The molecule has 1 atom stereocenters. The smallest absolute Gasteiger partial charge is 0.270 e. The summed E-state index contributed by atoms with van der Waals surface area (Å²) in [4.78, 5) is 30.4. The number of hydrogen-bond donors (Lipinski definition) is 1. The Morgan fingerprint density at radius 2 is 2.08 bits per heavy atom. The molecule has 6 nitrogen and oxygen atoms in total. The predicted molar refractivity (Wildman–Crippen MR) is 91.4 cm³/mol. The predicted octanol–water partition coefficient (Wildman–Crippen LogP) is 1.79.